The number of likely N-dealkylation sites (tertiary alicyclic amines) is 1. The van der Waals surface area contributed by atoms with Crippen molar-refractivity contribution in [3.05, 3.63) is 17.0 Å². The Balaban J connectivity index is 1.64. The van der Waals surface area contributed by atoms with Gasteiger partial charge in [0.05, 0.1) is 5.41 Å². The van der Waals surface area contributed by atoms with Crippen molar-refractivity contribution < 1.29 is 14.3 Å². The van der Waals surface area contributed by atoms with Gasteiger partial charge in [0.1, 0.15) is 6.10 Å². The summed E-state index contributed by atoms with van der Waals surface area (Å²) in [7, 11) is 3.97. The van der Waals surface area contributed by atoms with E-state index in [0.29, 0.717) is 31.6 Å². The zero-order valence-corrected chi connectivity index (χ0v) is 15.6. The monoisotopic (exact) mass is 348 g/mol. The van der Waals surface area contributed by atoms with Crippen LogP contribution >= 0.6 is 0 Å². The first-order chi connectivity index (χ1) is 11.9. The third kappa shape index (κ3) is 3.29. The quantitative estimate of drug-likeness (QED) is 0.832. The Hall–Kier alpha value is -1.89. The van der Waals surface area contributed by atoms with Crippen molar-refractivity contribution >= 4 is 11.9 Å². The number of esters is 1. The standard InChI is InChI=1S/C18H28N4O3/c1-5-14-12(2)15(20-19-14)16(23)22-8-6-18(7-9-22)10-13(11-21(3)4)25-17(18)24/h13H,5-11H2,1-4H3,(H,19,20). The first-order valence-corrected chi connectivity index (χ1v) is 9.05. The molecule has 138 valence electrons. The van der Waals surface area contributed by atoms with Gasteiger partial charge < -0.3 is 14.5 Å². The van der Waals surface area contributed by atoms with Crippen molar-refractivity contribution in [2.75, 3.05) is 33.7 Å². The molecule has 1 aromatic heterocycles. The number of piperidine rings is 1. The number of carbonyl (C=O) groups excluding carboxylic acids is 2. The van der Waals surface area contributed by atoms with Crippen LogP contribution < -0.4 is 0 Å². The van der Waals surface area contributed by atoms with E-state index in [0.717, 1.165) is 30.6 Å². The lowest BCUT2D eigenvalue weighted by molar-refractivity contribution is -0.150. The van der Waals surface area contributed by atoms with E-state index in [9.17, 15) is 9.59 Å². The minimum atomic E-state index is -0.410. The van der Waals surface area contributed by atoms with Crippen LogP contribution in [0.15, 0.2) is 0 Å². The molecule has 7 heteroatoms. The maximum atomic E-state index is 12.8. The second kappa shape index (κ2) is 6.78. The Kier molecular flexibility index (Phi) is 4.86. The van der Waals surface area contributed by atoms with Gasteiger partial charge in [-0.25, -0.2) is 0 Å². The number of nitrogens with one attached hydrogen (secondary N) is 1. The van der Waals surface area contributed by atoms with Gasteiger partial charge in [-0.3, -0.25) is 14.7 Å². The molecular formula is C18H28N4O3. The van der Waals surface area contributed by atoms with Gasteiger partial charge in [0.2, 0.25) is 0 Å². The van der Waals surface area contributed by atoms with E-state index in [4.69, 9.17) is 4.74 Å². The molecular weight excluding hydrogens is 320 g/mol. The van der Waals surface area contributed by atoms with Gasteiger partial charge in [0.25, 0.3) is 5.91 Å². The Bertz CT molecular complexity index is 659. The third-order valence-electron chi connectivity index (χ3n) is 5.57. The van der Waals surface area contributed by atoms with Gasteiger partial charge in [-0.2, -0.15) is 5.10 Å². The second-order valence-electron chi connectivity index (χ2n) is 7.60. The highest BCUT2D eigenvalue weighted by molar-refractivity contribution is 5.94. The van der Waals surface area contributed by atoms with E-state index < -0.39 is 5.41 Å². The van der Waals surface area contributed by atoms with Crippen molar-refractivity contribution in [3.63, 3.8) is 0 Å². The molecule has 7 nitrogen and oxygen atoms in total. The Morgan fingerprint density at radius 3 is 2.64 bits per heavy atom. The minimum Gasteiger partial charge on any atom is -0.461 e. The topological polar surface area (TPSA) is 78.5 Å². The maximum absolute atomic E-state index is 12.8. The second-order valence-corrected chi connectivity index (χ2v) is 7.60. The fourth-order valence-corrected chi connectivity index (χ4v) is 4.03. The molecule has 1 spiro atoms. The normalized spacial score (nSPS) is 22.7. The molecule has 0 aliphatic carbocycles. The molecule has 1 unspecified atom stereocenters. The van der Waals surface area contributed by atoms with Gasteiger partial charge in [-0.1, -0.05) is 6.92 Å². The lowest BCUT2D eigenvalue weighted by Gasteiger charge is -2.36. The van der Waals surface area contributed by atoms with Crippen LogP contribution in [0.5, 0.6) is 0 Å². The number of ether oxygens (including phenoxy) is 1. The molecule has 1 amide bonds. The summed E-state index contributed by atoms with van der Waals surface area (Å²) in [5.74, 6) is -0.129. The molecule has 3 rings (SSSR count). The van der Waals surface area contributed by atoms with Crippen LogP contribution in [0.3, 0.4) is 0 Å². The molecule has 3 heterocycles. The highest BCUT2D eigenvalue weighted by Gasteiger charge is 2.51. The molecule has 0 bridgehead atoms. The number of hydrogen-bond acceptors (Lipinski definition) is 5. The van der Waals surface area contributed by atoms with Crippen molar-refractivity contribution in [1.29, 1.82) is 0 Å². The van der Waals surface area contributed by atoms with Gasteiger partial charge in [-0.05, 0) is 40.3 Å². The Morgan fingerprint density at radius 1 is 1.40 bits per heavy atom. The lowest BCUT2D eigenvalue weighted by atomic mass is 9.76. The number of aromatic amines is 1. The first kappa shape index (κ1) is 17.9. The van der Waals surface area contributed by atoms with E-state index in [-0.39, 0.29) is 18.0 Å². The van der Waals surface area contributed by atoms with Gasteiger partial charge in [0.15, 0.2) is 5.69 Å². The summed E-state index contributed by atoms with van der Waals surface area (Å²) in [6.07, 6.45) is 2.89. The van der Waals surface area contributed by atoms with Crippen LogP contribution in [0.4, 0.5) is 0 Å². The molecule has 0 aromatic carbocycles. The smallest absolute Gasteiger partial charge is 0.312 e. The van der Waals surface area contributed by atoms with E-state index in [1.165, 1.54) is 0 Å². The maximum Gasteiger partial charge on any atom is 0.312 e. The average molecular weight is 348 g/mol. The van der Waals surface area contributed by atoms with Crippen LogP contribution in [0.2, 0.25) is 0 Å². The Labute approximate surface area is 148 Å². The third-order valence-corrected chi connectivity index (χ3v) is 5.57. The molecule has 0 radical (unpaired) electrons. The molecule has 2 saturated heterocycles. The number of nitrogens with zero attached hydrogens (tertiary/aromatic N) is 3. The summed E-state index contributed by atoms with van der Waals surface area (Å²) in [4.78, 5) is 29.1. The summed E-state index contributed by atoms with van der Waals surface area (Å²) in [6.45, 7) is 5.88. The fraction of sp³-hybridized carbons (Fsp3) is 0.722. The number of aryl methyl sites for hydroxylation is 1. The fourth-order valence-electron chi connectivity index (χ4n) is 4.03. The lowest BCUT2D eigenvalue weighted by Crippen LogP contribution is -2.45. The Morgan fingerprint density at radius 2 is 2.08 bits per heavy atom. The summed E-state index contributed by atoms with van der Waals surface area (Å²) >= 11 is 0. The zero-order chi connectivity index (χ0) is 18.2. The summed E-state index contributed by atoms with van der Waals surface area (Å²) in [5.41, 5.74) is 2.03. The molecule has 2 fully saturated rings. The minimum absolute atomic E-state index is 0.0366. The van der Waals surface area contributed by atoms with Gasteiger partial charge in [-0.15, -0.1) is 0 Å². The number of amides is 1. The van der Waals surface area contributed by atoms with Gasteiger partial charge >= 0.3 is 5.97 Å². The molecule has 0 saturated carbocycles. The van der Waals surface area contributed by atoms with Crippen molar-refractivity contribution in [2.24, 2.45) is 5.41 Å². The molecule has 1 aromatic rings. The molecule has 1 N–H and O–H groups in total. The number of hydrogen-bond donors (Lipinski definition) is 1. The van der Waals surface area contributed by atoms with Gasteiger partial charge in [0, 0.05) is 37.3 Å². The van der Waals surface area contributed by atoms with Crippen molar-refractivity contribution in [2.45, 2.75) is 45.6 Å². The van der Waals surface area contributed by atoms with Crippen LogP contribution in [0.25, 0.3) is 0 Å². The number of carbonyl (C=O) groups is 2. The van der Waals surface area contributed by atoms with Crippen LogP contribution in [-0.4, -0.2) is 71.7 Å². The highest BCUT2D eigenvalue weighted by atomic mass is 16.6. The predicted octanol–water partition coefficient (Wildman–Crippen LogP) is 1.38. The highest BCUT2D eigenvalue weighted by Crippen LogP contribution is 2.43. The van der Waals surface area contributed by atoms with Crippen LogP contribution in [-0.2, 0) is 16.0 Å². The molecule has 1 atom stereocenters. The first-order valence-electron chi connectivity index (χ1n) is 9.05. The van der Waals surface area contributed by atoms with E-state index in [1.807, 2.05) is 37.7 Å². The van der Waals surface area contributed by atoms with Crippen molar-refractivity contribution in [3.8, 4) is 0 Å². The zero-order valence-electron chi connectivity index (χ0n) is 15.6. The predicted molar refractivity (Wildman–Crippen MR) is 93.3 cm³/mol. The SMILES string of the molecule is CCc1[nH]nc(C(=O)N2CCC3(CC2)CC(CN(C)C)OC3=O)c1C. The van der Waals surface area contributed by atoms with Crippen LogP contribution in [0, 0.1) is 12.3 Å². The van der Waals surface area contributed by atoms with Crippen LogP contribution in [0.1, 0.15) is 47.9 Å². The summed E-state index contributed by atoms with van der Waals surface area (Å²) < 4.78 is 5.58. The largest absolute Gasteiger partial charge is 0.461 e. The molecule has 25 heavy (non-hydrogen) atoms. The number of likely N-dealkylation sites (N-methyl/N-ethyl adjacent to an activating group) is 1. The van der Waals surface area contributed by atoms with Crippen molar-refractivity contribution in [1.82, 2.24) is 20.0 Å². The van der Waals surface area contributed by atoms with E-state index >= 15 is 0 Å². The average Bonchev–Trinajstić information content (AvgIpc) is 3.07. The van der Waals surface area contributed by atoms with E-state index in [1.54, 1.807) is 0 Å². The number of rotatable bonds is 4. The molecule has 2 aliphatic heterocycles. The van der Waals surface area contributed by atoms with E-state index in [2.05, 4.69) is 10.2 Å². The number of H-pyrrole nitrogens is 1. The molecule has 2 aliphatic rings. The summed E-state index contributed by atoms with van der Waals surface area (Å²) in [6, 6.07) is 0. The number of aromatic nitrogens is 2. The number of cyclic esters (lactones) is 1. The summed E-state index contributed by atoms with van der Waals surface area (Å²) in [5, 5.41) is 7.14.